The van der Waals surface area contributed by atoms with E-state index in [1.165, 1.54) is 6.07 Å². The van der Waals surface area contributed by atoms with Crippen LogP contribution < -0.4 is 15.2 Å². The highest BCUT2D eigenvalue weighted by atomic mass is 19.1. The third kappa shape index (κ3) is 3.34. The van der Waals surface area contributed by atoms with Crippen LogP contribution in [0.25, 0.3) is 0 Å². The molecular formula is C17H20FNO2. The van der Waals surface area contributed by atoms with Crippen LogP contribution in [-0.2, 0) is 6.42 Å². The molecule has 0 bridgehead atoms. The Balaban J connectivity index is 2.41. The first kappa shape index (κ1) is 15.3. The fourth-order valence-electron chi connectivity index (χ4n) is 2.18. The van der Waals surface area contributed by atoms with Crippen molar-refractivity contribution in [3.63, 3.8) is 0 Å². The largest absolute Gasteiger partial charge is 0.493 e. The molecule has 0 saturated carbocycles. The Morgan fingerprint density at radius 3 is 2.52 bits per heavy atom. The number of methoxy groups -OCH3 is 1. The van der Waals surface area contributed by atoms with Crippen molar-refractivity contribution in [2.45, 2.75) is 26.3 Å². The summed E-state index contributed by atoms with van der Waals surface area (Å²) in [5.74, 6) is 1.20. The minimum absolute atomic E-state index is 0.360. The van der Waals surface area contributed by atoms with Crippen molar-refractivity contribution < 1.29 is 13.9 Å². The van der Waals surface area contributed by atoms with Crippen molar-refractivity contribution in [2.75, 3.05) is 7.11 Å². The molecule has 0 aliphatic heterocycles. The van der Waals surface area contributed by atoms with Crippen LogP contribution in [0, 0.1) is 5.82 Å². The van der Waals surface area contributed by atoms with Gasteiger partial charge in [-0.05, 0) is 43.2 Å². The molecule has 0 fully saturated rings. The molecule has 0 amide bonds. The molecule has 0 aliphatic carbocycles. The van der Waals surface area contributed by atoms with E-state index in [1.807, 2.05) is 18.2 Å². The SMILES string of the molecule is CCc1ccc(Oc2cccc(F)c2C(C)N)c(OC)c1. The highest BCUT2D eigenvalue weighted by molar-refractivity contribution is 5.47. The predicted molar refractivity (Wildman–Crippen MR) is 81.4 cm³/mol. The summed E-state index contributed by atoms with van der Waals surface area (Å²) in [6.45, 7) is 3.79. The van der Waals surface area contributed by atoms with E-state index in [-0.39, 0.29) is 5.82 Å². The fourth-order valence-corrected chi connectivity index (χ4v) is 2.18. The smallest absolute Gasteiger partial charge is 0.169 e. The molecule has 2 aromatic rings. The second-order valence-electron chi connectivity index (χ2n) is 4.88. The summed E-state index contributed by atoms with van der Waals surface area (Å²) in [7, 11) is 1.58. The van der Waals surface area contributed by atoms with Crippen molar-refractivity contribution in [1.82, 2.24) is 0 Å². The summed E-state index contributed by atoms with van der Waals surface area (Å²) in [5.41, 5.74) is 7.34. The van der Waals surface area contributed by atoms with Gasteiger partial charge >= 0.3 is 0 Å². The number of ether oxygens (including phenoxy) is 2. The van der Waals surface area contributed by atoms with Gasteiger partial charge in [0, 0.05) is 11.6 Å². The predicted octanol–water partition coefficient (Wildman–Crippen LogP) is 4.21. The number of halogens is 1. The van der Waals surface area contributed by atoms with Gasteiger partial charge in [-0.2, -0.15) is 0 Å². The Morgan fingerprint density at radius 1 is 1.14 bits per heavy atom. The summed E-state index contributed by atoms with van der Waals surface area (Å²) in [6.07, 6.45) is 0.904. The summed E-state index contributed by atoms with van der Waals surface area (Å²) in [5, 5.41) is 0. The number of benzene rings is 2. The lowest BCUT2D eigenvalue weighted by atomic mass is 10.1. The van der Waals surface area contributed by atoms with Crippen LogP contribution in [0.3, 0.4) is 0 Å². The first-order valence-corrected chi connectivity index (χ1v) is 6.95. The van der Waals surface area contributed by atoms with Gasteiger partial charge in [-0.3, -0.25) is 0 Å². The van der Waals surface area contributed by atoms with Gasteiger partial charge in [-0.15, -0.1) is 0 Å². The lowest BCUT2D eigenvalue weighted by Crippen LogP contribution is -2.09. The van der Waals surface area contributed by atoms with Gasteiger partial charge in [0.25, 0.3) is 0 Å². The Labute approximate surface area is 124 Å². The van der Waals surface area contributed by atoms with Crippen LogP contribution in [0.5, 0.6) is 17.2 Å². The number of aryl methyl sites for hydroxylation is 1. The maximum atomic E-state index is 13.9. The third-order valence-electron chi connectivity index (χ3n) is 3.32. The monoisotopic (exact) mass is 289 g/mol. The summed E-state index contributed by atoms with van der Waals surface area (Å²) >= 11 is 0. The third-order valence-corrected chi connectivity index (χ3v) is 3.32. The van der Waals surface area contributed by atoms with Gasteiger partial charge in [0.05, 0.1) is 7.11 Å². The van der Waals surface area contributed by atoms with Crippen molar-refractivity contribution in [3.8, 4) is 17.2 Å². The Hall–Kier alpha value is -2.07. The molecule has 2 N–H and O–H groups in total. The first-order chi connectivity index (χ1) is 10.1. The maximum absolute atomic E-state index is 13.9. The zero-order valence-corrected chi connectivity index (χ0v) is 12.5. The Kier molecular flexibility index (Phi) is 4.81. The average Bonchev–Trinajstić information content (AvgIpc) is 2.47. The van der Waals surface area contributed by atoms with E-state index in [9.17, 15) is 4.39 Å². The molecule has 2 aromatic carbocycles. The van der Waals surface area contributed by atoms with Gasteiger partial charge < -0.3 is 15.2 Å². The molecule has 0 aromatic heterocycles. The zero-order chi connectivity index (χ0) is 15.4. The van der Waals surface area contributed by atoms with Crippen molar-refractivity contribution in [1.29, 1.82) is 0 Å². The van der Waals surface area contributed by atoms with E-state index < -0.39 is 6.04 Å². The summed E-state index contributed by atoms with van der Waals surface area (Å²) in [6, 6.07) is 9.93. The highest BCUT2D eigenvalue weighted by Gasteiger charge is 2.16. The average molecular weight is 289 g/mol. The normalized spacial score (nSPS) is 12.0. The van der Waals surface area contributed by atoms with Crippen LogP contribution in [-0.4, -0.2) is 7.11 Å². The molecule has 0 spiro atoms. The standard InChI is InChI=1S/C17H20FNO2/c1-4-12-8-9-14(16(10-12)20-3)21-15-7-5-6-13(18)17(15)11(2)19/h5-11H,4,19H2,1-3H3. The van der Waals surface area contributed by atoms with E-state index in [2.05, 4.69) is 6.92 Å². The first-order valence-electron chi connectivity index (χ1n) is 6.95. The zero-order valence-electron chi connectivity index (χ0n) is 12.5. The molecule has 0 aliphatic rings. The molecule has 2 rings (SSSR count). The quantitative estimate of drug-likeness (QED) is 0.896. The van der Waals surface area contributed by atoms with Gasteiger partial charge in [-0.25, -0.2) is 4.39 Å². The molecule has 1 atom stereocenters. The molecular weight excluding hydrogens is 269 g/mol. The summed E-state index contributed by atoms with van der Waals surface area (Å²) in [4.78, 5) is 0. The van der Waals surface area contributed by atoms with Gasteiger partial charge in [0.2, 0.25) is 0 Å². The molecule has 3 nitrogen and oxygen atoms in total. The van der Waals surface area contributed by atoms with E-state index in [1.54, 1.807) is 26.2 Å². The topological polar surface area (TPSA) is 44.5 Å². The molecule has 112 valence electrons. The van der Waals surface area contributed by atoms with Crippen LogP contribution in [0.2, 0.25) is 0 Å². The second-order valence-corrected chi connectivity index (χ2v) is 4.88. The van der Waals surface area contributed by atoms with Gasteiger partial charge in [0.1, 0.15) is 11.6 Å². The van der Waals surface area contributed by atoms with Crippen molar-refractivity contribution >= 4 is 0 Å². The molecule has 4 heteroatoms. The Bertz CT molecular complexity index is 626. The second kappa shape index (κ2) is 6.59. The minimum Gasteiger partial charge on any atom is -0.493 e. The lowest BCUT2D eigenvalue weighted by molar-refractivity contribution is 0.375. The van der Waals surface area contributed by atoms with Crippen LogP contribution in [0.1, 0.15) is 31.0 Å². The van der Waals surface area contributed by atoms with E-state index >= 15 is 0 Å². The van der Waals surface area contributed by atoms with Gasteiger partial charge in [-0.1, -0.05) is 19.1 Å². The van der Waals surface area contributed by atoms with Gasteiger partial charge in [0.15, 0.2) is 11.5 Å². The maximum Gasteiger partial charge on any atom is 0.169 e. The lowest BCUT2D eigenvalue weighted by Gasteiger charge is -2.16. The molecule has 1 unspecified atom stereocenters. The number of hydrogen-bond donors (Lipinski definition) is 1. The summed E-state index contributed by atoms with van der Waals surface area (Å²) < 4.78 is 25.1. The Morgan fingerprint density at radius 2 is 1.90 bits per heavy atom. The van der Waals surface area contributed by atoms with Crippen LogP contribution >= 0.6 is 0 Å². The molecule has 21 heavy (non-hydrogen) atoms. The van der Waals surface area contributed by atoms with Crippen molar-refractivity contribution in [3.05, 3.63) is 53.3 Å². The number of rotatable bonds is 5. The molecule has 0 heterocycles. The van der Waals surface area contributed by atoms with Crippen molar-refractivity contribution in [2.24, 2.45) is 5.73 Å². The molecule has 0 saturated heterocycles. The van der Waals surface area contributed by atoms with E-state index in [0.29, 0.717) is 22.8 Å². The van der Waals surface area contributed by atoms with E-state index in [4.69, 9.17) is 15.2 Å². The van der Waals surface area contributed by atoms with E-state index in [0.717, 1.165) is 12.0 Å². The highest BCUT2D eigenvalue weighted by Crippen LogP contribution is 2.36. The van der Waals surface area contributed by atoms with Crippen LogP contribution in [0.15, 0.2) is 36.4 Å². The number of nitrogens with two attached hydrogens (primary N) is 1. The number of hydrogen-bond acceptors (Lipinski definition) is 3. The fraction of sp³-hybridized carbons (Fsp3) is 0.294. The minimum atomic E-state index is -0.456. The molecule has 0 radical (unpaired) electrons. The van der Waals surface area contributed by atoms with Crippen LogP contribution in [0.4, 0.5) is 4.39 Å².